The van der Waals surface area contributed by atoms with Gasteiger partial charge in [0.1, 0.15) is 19.3 Å². The standard InChI is InChI=1S/C40H60N8O9/c1-31-41-23-35(24-42-31)32(21-39(52)53)8-4-2-3-5-10-37-34(20-33-9-6-7-11-36(33)44-37)22-43-38(51)25-45-12-13-46(26-40(54)55)15-17-48(28-57-30-50)19-18-47(16-14-45)27-56-29-49/h20,23-24,29-30,32H,2-19,21-22,25-28H2,1H3,(H,43,51)(H,52,53)(H,54,55)/t32-/m0/s1. The number of carboxylic acids is 2. The van der Waals surface area contributed by atoms with Crippen molar-refractivity contribution in [1.29, 1.82) is 0 Å². The number of nitrogens with zero attached hydrogens (tertiary/aromatic N) is 7. The average Bonchev–Trinajstić information content (AvgIpc) is 3.19. The minimum Gasteiger partial charge on any atom is -0.481 e. The lowest BCUT2D eigenvalue weighted by molar-refractivity contribution is -0.139. The maximum absolute atomic E-state index is 13.5. The molecule has 0 aromatic carbocycles. The van der Waals surface area contributed by atoms with Crippen molar-refractivity contribution in [2.45, 2.75) is 90.0 Å². The topological polar surface area (TPSA) is 208 Å². The van der Waals surface area contributed by atoms with Crippen molar-refractivity contribution in [2.75, 3.05) is 78.9 Å². The van der Waals surface area contributed by atoms with Gasteiger partial charge in [-0.15, -0.1) is 0 Å². The van der Waals surface area contributed by atoms with E-state index in [-0.39, 0.29) is 44.8 Å². The molecule has 1 aliphatic carbocycles. The van der Waals surface area contributed by atoms with Crippen LogP contribution in [0.3, 0.4) is 0 Å². The maximum atomic E-state index is 13.5. The molecular formula is C40H60N8O9. The summed E-state index contributed by atoms with van der Waals surface area (Å²) in [5.74, 6) is -1.40. The highest BCUT2D eigenvalue weighted by Crippen LogP contribution is 2.27. The number of ether oxygens (including phenoxy) is 2. The van der Waals surface area contributed by atoms with E-state index in [4.69, 9.17) is 14.5 Å². The molecule has 4 rings (SSSR count). The zero-order chi connectivity index (χ0) is 40.8. The van der Waals surface area contributed by atoms with E-state index >= 15 is 0 Å². The summed E-state index contributed by atoms with van der Waals surface area (Å²) in [6.07, 6.45) is 13.0. The highest BCUT2D eigenvalue weighted by molar-refractivity contribution is 5.78. The molecule has 2 aromatic rings. The molecule has 0 radical (unpaired) electrons. The van der Waals surface area contributed by atoms with E-state index in [2.05, 4.69) is 21.4 Å². The first kappa shape index (κ1) is 45.1. The summed E-state index contributed by atoms with van der Waals surface area (Å²) < 4.78 is 10.0. The number of fused-ring (bicyclic) bond motifs is 1. The van der Waals surface area contributed by atoms with Crippen molar-refractivity contribution < 1.29 is 43.7 Å². The van der Waals surface area contributed by atoms with Crippen LogP contribution in [0, 0.1) is 6.92 Å². The molecule has 0 saturated carbocycles. The van der Waals surface area contributed by atoms with Crippen LogP contribution in [0.5, 0.6) is 0 Å². The average molecular weight is 797 g/mol. The van der Waals surface area contributed by atoms with Crippen LogP contribution in [0.25, 0.3) is 0 Å². The van der Waals surface area contributed by atoms with E-state index in [1.54, 1.807) is 12.4 Å². The molecule has 3 heterocycles. The number of aliphatic carboxylic acids is 2. The number of aryl methyl sites for hydroxylation is 4. The van der Waals surface area contributed by atoms with Crippen molar-refractivity contribution in [2.24, 2.45) is 0 Å². The Balaban J connectivity index is 1.35. The molecule has 1 aliphatic heterocycles. The summed E-state index contributed by atoms with van der Waals surface area (Å²) >= 11 is 0. The fourth-order valence-electron chi connectivity index (χ4n) is 7.41. The second-order valence-corrected chi connectivity index (χ2v) is 15.0. The summed E-state index contributed by atoms with van der Waals surface area (Å²) in [6, 6.07) is 2.21. The van der Waals surface area contributed by atoms with E-state index in [1.165, 1.54) is 5.56 Å². The third-order valence-corrected chi connectivity index (χ3v) is 10.7. The normalized spacial score (nSPS) is 17.0. The highest BCUT2D eigenvalue weighted by Gasteiger charge is 2.21. The minimum atomic E-state index is -0.952. The monoisotopic (exact) mass is 796 g/mol. The lowest BCUT2D eigenvalue weighted by Gasteiger charge is -2.33. The van der Waals surface area contributed by atoms with Crippen LogP contribution in [0.2, 0.25) is 0 Å². The predicted molar refractivity (Wildman–Crippen MR) is 209 cm³/mol. The van der Waals surface area contributed by atoms with Gasteiger partial charge in [0.2, 0.25) is 5.91 Å². The van der Waals surface area contributed by atoms with Gasteiger partial charge in [0.05, 0.1) is 19.5 Å². The lowest BCUT2D eigenvalue weighted by Crippen LogP contribution is -2.49. The number of aromatic nitrogens is 3. The fourth-order valence-corrected chi connectivity index (χ4v) is 7.41. The number of nitrogens with one attached hydrogen (secondary N) is 1. The van der Waals surface area contributed by atoms with Crippen LogP contribution >= 0.6 is 0 Å². The summed E-state index contributed by atoms with van der Waals surface area (Å²) in [5.41, 5.74) is 5.28. The van der Waals surface area contributed by atoms with Gasteiger partial charge in [-0.2, -0.15) is 0 Å². The van der Waals surface area contributed by atoms with Gasteiger partial charge >= 0.3 is 11.9 Å². The quantitative estimate of drug-likeness (QED) is 0.115. The second kappa shape index (κ2) is 24.9. The van der Waals surface area contributed by atoms with Crippen LogP contribution in [0.1, 0.15) is 91.2 Å². The Morgan fingerprint density at radius 1 is 0.789 bits per heavy atom. The molecule has 1 amide bonds. The van der Waals surface area contributed by atoms with Gasteiger partial charge in [0.15, 0.2) is 0 Å². The largest absolute Gasteiger partial charge is 0.481 e. The van der Waals surface area contributed by atoms with Crippen molar-refractivity contribution in [3.63, 3.8) is 0 Å². The summed E-state index contributed by atoms with van der Waals surface area (Å²) in [5, 5.41) is 22.2. The number of carboxylic acid groups (broad SMARTS) is 2. The predicted octanol–water partition coefficient (Wildman–Crippen LogP) is 1.99. The van der Waals surface area contributed by atoms with Gasteiger partial charge in [0, 0.05) is 82.7 Å². The first-order valence-electron chi connectivity index (χ1n) is 20.1. The minimum absolute atomic E-state index is 0.0512. The second-order valence-electron chi connectivity index (χ2n) is 15.0. The molecule has 17 heteroatoms. The van der Waals surface area contributed by atoms with E-state index in [1.807, 2.05) is 26.5 Å². The van der Waals surface area contributed by atoms with Crippen LogP contribution in [0.15, 0.2) is 18.5 Å². The van der Waals surface area contributed by atoms with Gasteiger partial charge in [-0.3, -0.25) is 48.6 Å². The summed E-state index contributed by atoms with van der Waals surface area (Å²) in [7, 11) is 0. The number of pyridine rings is 1. The number of amides is 1. The van der Waals surface area contributed by atoms with E-state index in [9.17, 15) is 34.2 Å². The number of hydrogen-bond donors (Lipinski definition) is 3. The molecule has 3 N–H and O–H groups in total. The van der Waals surface area contributed by atoms with Gasteiger partial charge in [-0.1, -0.05) is 25.3 Å². The highest BCUT2D eigenvalue weighted by atomic mass is 16.5. The molecule has 1 atom stereocenters. The van der Waals surface area contributed by atoms with Gasteiger partial charge < -0.3 is 25.0 Å². The maximum Gasteiger partial charge on any atom is 0.317 e. The molecule has 314 valence electrons. The SMILES string of the molecule is Cc1ncc([C@@H](CCCCCCc2nc3c(cc2CNC(=O)CN2CCN(COC=O)CCN(COC=O)CCN(CC(=O)O)CC2)CCCC3)CC(=O)O)cn1. The zero-order valence-corrected chi connectivity index (χ0v) is 33.3. The van der Waals surface area contributed by atoms with Crippen LogP contribution in [0.4, 0.5) is 0 Å². The lowest BCUT2D eigenvalue weighted by atomic mass is 9.91. The Morgan fingerprint density at radius 3 is 1.96 bits per heavy atom. The Hall–Kier alpha value is -4.58. The van der Waals surface area contributed by atoms with E-state index in [0.717, 1.165) is 86.7 Å². The molecule has 0 unspecified atom stereocenters. The van der Waals surface area contributed by atoms with Crippen LogP contribution < -0.4 is 5.32 Å². The van der Waals surface area contributed by atoms with Crippen molar-refractivity contribution in [1.82, 2.24) is 39.9 Å². The zero-order valence-electron chi connectivity index (χ0n) is 33.3. The number of carbonyl (C=O) groups excluding carboxylic acids is 3. The van der Waals surface area contributed by atoms with Crippen LogP contribution in [-0.4, -0.2) is 154 Å². The third kappa shape index (κ3) is 16.8. The summed E-state index contributed by atoms with van der Waals surface area (Å²) in [6.45, 7) is 6.67. The first-order chi connectivity index (χ1) is 27.6. The Bertz CT molecular complexity index is 1580. The molecule has 1 fully saturated rings. The summed E-state index contributed by atoms with van der Waals surface area (Å²) in [4.78, 5) is 79.9. The Kier molecular flexibility index (Phi) is 19.7. The molecule has 2 aliphatic rings. The van der Waals surface area contributed by atoms with Crippen LogP contribution in [-0.2, 0) is 59.3 Å². The number of hydrogen-bond acceptors (Lipinski definition) is 14. The van der Waals surface area contributed by atoms with E-state index in [0.29, 0.717) is 77.7 Å². The van der Waals surface area contributed by atoms with E-state index < -0.39 is 11.9 Å². The van der Waals surface area contributed by atoms with Crippen molar-refractivity contribution >= 4 is 30.8 Å². The molecule has 2 aromatic heterocycles. The van der Waals surface area contributed by atoms with Crippen molar-refractivity contribution in [3.8, 4) is 0 Å². The third-order valence-electron chi connectivity index (χ3n) is 10.7. The Morgan fingerprint density at radius 2 is 1.37 bits per heavy atom. The fraction of sp³-hybridized carbons (Fsp3) is 0.650. The molecule has 1 saturated heterocycles. The van der Waals surface area contributed by atoms with Gasteiger partial charge in [-0.25, -0.2) is 9.97 Å². The number of rotatable bonds is 22. The smallest absolute Gasteiger partial charge is 0.317 e. The molecule has 17 nitrogen and oxygen atoms in total. The molecule has 0 spiro atoms. The van der Waals surface area contributed by atoms with Crippen molar-refractivity contribution in [3.05, 3.63) is 52.4 Å². The number of carbonyl (C=O) groups is 5. The van der Waals surface area contributed by atoms with Gasteiger partial charge in [0.25, 0.3) is 12.9 Å². The molecule has 0 bridgehead atoms. The first-order valence-corrected chi connectivity index (χ1v) is 20.1. The number of unbranched alkanes of at least 4 members (excludes halogenated alkanes) is 3. The van der Waals surface area contributed by atoms with Gasteiger partial charge in [-0.05, 0) is 74.5 Å². The molecule has 57 heavy (non-hydrogen) atoms. The Labute approximate surface area is 335 Å². The molecular weight excluding hydrogens is 736 g/mol.